The minimum atomic E-state index is 0.737. The number of nitrogens with zero attached hydrogens (tertiary/aromatic N) is 1. The van der Waals surface area contributed by atoms with E-state index in [0.29, 0.717) is 0 Å². The molecule has 0 atom stereocenters. The SMILES string of the molecule is COc1cc(Cc2ncc[nH]2)cc(OC)c1. The normalized spacial score (nSPS) is 10.1. The van der Waals surface area contributed by atoms with E-state index in [2.05, 4.69) is 9.97 Å². The van der Waals surface area contributed by atoms with Gasteiger partial charge in [-0.2, -0.15) is 0 Å². The van der Waals surface area contributed by atoms with Crippen molar-refractivity contribution in [3.05, 3.63) is 42.0 Å². The van der Waals surface area contributed by atoms with E-state index < -0.39 is 0 Å². The lowest BCUT2D eigenvalue weighted by Gasteiger charge is -2.07. The lowest BCUT2D eigenvalue weighted by Crippen LogP contribution is -1.94. The highest BCUT2D eigenvalue weighted by Crippen LogP contribution is 2.23. The van der Waals surface area contributed by atoms with Crippen molar-refractivity contribution in [1.82, 2.24) is 9.97 Å². The number of nitrogens with one attached hydrogen (secondary N) is 1. The van der Waals surface area contributed by atoms with Crippen LogP contribution in [0.15, 0.2) is 30.6 Å². The molecule has 0 aliphatic rings. The molecule has 0 amide bonds. The second kappa shape index (κ2) is 4.70. The maximum atomic E-state index is 5.21. The molecule has 84 valence electrons. The molecule has 0 bridgehead atoms. The Kier molecular flexibility index (Phi) is 3.10. The summed E-state index contributed by atoms with van der Waals surface area (Å²) in [5, 5.41) is 0. The van der Waals surface area contributed by atoms with Crippen LogP contribution in [-0.4, -0.2) is 24.2 Å². The van der Waals surface area contributed by atoms with E-state index in [4.69, 9.17) is 9.47 Å². The summed E-state index contributed by atoms with van der Waals surface area (Å²) >= 11 is 0. The molecular weight excluding hydrogens is 204 g/mol. The molecular formula is C12H14N2O2. The zero-order valence-electron chi connectivity index (χ0n) is 9.36. The second-order valence-corrected chi connectivity index (χ2v) is 3.43. The Bertz CT molecular complexity index is 430. The number of benzene rings is 1. The van der Waals surface area contributed by atoms with Crippen LogP contribution in [0.25, 0.3) is 0 Å². The number of aromatic amines is 1. The summed E-state index contributed by atoms with van der Waals surface area (Å²) in [4.78, 5) is 7.25. The monoisotopic (exact) mass is 218 g/mol. The fourth-order valence-electron chi connectivity index (χ4n) is 1.56. The third-order valence-electron chi connectivity index (χ3n) is 2.34. The van der Waals surface area contributed by atoms with E-state index >= 15 is 0 Å². The fraction of sp³-hybridized carbons (Fsp3) is 0.250. The molecule has 1 heterocycles. The Morgan fingerprint density at radius 1 is 1.12 bits per heavy atom. The average Bonchev–Trinajstić information content (AvgIpc) is 2.81. The second-order valence-electron chi connectivity index (χ2n) is 3.43. The highest BCUT2D eigenvalue weighted by atomic mass is 16.5. The molecule has 0 radical (unpaired) electrons. The molecule has 0 saturated carbocycles. The van der Waals surface area contributed by atoms with Crippen molar-refractivity contribution in [2.24, 2.45) is 0 Å². The first-order chi connectivity index (χ1) is 7.81. The van der Waals surface area contributed by atoms with Crippen LogP contribution in [0.3, 0.4) is 0 Å². The smallest absolute Gasteiger partial charge is 0.122 e. The predicted octanol–water partition coefficient (Wildman–Crippen LogP) is 2.02. The lowest BCUT2D eigenvalue weighted by molar-refractivity contribution is 0.393. The average molecular weight is 218 g/mol. The van der Waals surface area contributed by atoms with Crippen LogP contribution in [0.1, 0.15) is 11.4 Å². The molecule has 1 aromatic heterocycles. The van der Waals surface area contributed by atoms with Crippen LogP contribution in [0.4, 0.5) is 0 Å². The van der Waals surface area contributed by atoms with E-state index in [-0.39, 0.29) is 0 Å². The van der Waals surface area contributed by atoms with Gasteiger partial charge in [0.1, 0.15) is 17.3 Å². The summed E-state index contributed by atoms with van der Waals surface area (Å²) < 4.78 is 10.4. The standard InChI is InChI=1S/C12H14N2O2/c1-15-10-5-9(6-11(8-10)16-2)7-12-13-3-4-14-12/h3-6,8H,7H2,1-2H3,(H,13,14). The zero-order chi connectivity index (χ0) is 11.4. The summed E-state index contributed by atoms with van der Waals surface area (Å²) in [6, 6.07) is 5.81. The highest BCUT2D eigenvalue weighted by molar-refractivity contribution is 5.39. The first-order valence-corrected chi connectivity index (χ1v) is 5.02. The predicted molar refractivity (Wildman–Crippen MR) is 60.9 cm³/mol. The van der Waals surface area contributed by atoms with E-state index in [1.165, 1.54) is 0 Å². The Morgan fingerprint density at radius 3 is 2.31 bits per heavy atom. The van der Waals surface area contributed by atoms with Crippen LogP contribution in [0.5, 0.6) is 11.5 Å². The van der Waals surface area contributed by atoms with Crippen LogP contribution in [0, 0.1) is 0 Å². The molecule has 2 rings (SSSR count). The van der Waals surface area contributed by atoms with Gasteiger partial charge in [0.05, 0.1) is 14.2 Å². The van der Waals surface area contributed by atoms with E-state index in [1.807, 2.05) is 24.4 Å². The number of methoxy groups -OCH3 is 2. The largest absolute Gasteiger partial charge is 0.497 e. The summed E-state index contributed by atoms with van der Waals surface area (Å²) in [7, 11) is 3.29. The molecule has 4 nitrogen and oxygen atoms in total. The molecule has 2 aromatic rings. The third kappa shape index (κ3) is 2.34. The number of aromatic nitrogens is 2. The van der Waals surface area contributed by atoms with Crippen molar-refractivity contribution in [1.29, 1.82) is 0 Å². The van der Waals surface area contributed by atoms with Crippen molar-refractivity contribution < 1.29 is 9.47 Å². The maximum absolute atomic E-state index is 5.21. The summed E-state index contributed by atoms with van der Waals surface area (Å²) in [5.41, 5.74) is 1.10. The zero-order valence-corrected chi connectivity index (χ0v) is 9.36. The molecule has 0 aliphatic carbocycles. The Morgan fingerprint density at radius 2 is 1.81 bits per heavy atom. The van der Waals surface area contributed by atoms with Gasteiger partial charge in [-0.25, -0.2) is 4.98 Å². The highest BCUT2D eigenvalue weighted by Gasteiger charge is 2.03. The first-order valence-electron chi connectivity index (χ1n) is 5.02. The van der Waals surface area contributed by atoms with Crippen molar-refractivity contribution >= 4 is 0 Å². The Labute approximate surface area is 94.2 Å². The minimum absolute atomic E-state index is 0.737. The van der Waals surface area contributed by atoms with E-state index in [0.717, 1.165) is 29.3 Å². The van der Waals surface area contributed by atoms with Crippen LogP contribution >= 0.6 is 0 Å². The van der Waals surface area contributed by atoms with E-state index in [1.54, 1.807) is 20.4 Å². The number of imidazole rings is 1. The Balaban J connectivity index is 2.26. The van der Waals surface area contributed by atoms with Gasteiger partial charge < -0.3 is 14.5 Å². The first kappa shape index (κ1) is 10.5. The van der Waals surface area contributed by atoms with Gasteiger partial charge in [0.15, 0.2) is 0 Å². The lowest BCUT2D eigenvalue weighted by atomic mass is 10.1. The van der Waals surface area contributed by atoms with Gasteiger partial charge in [-0.3, -0.25) is 0 Å². The number of hydrogen-bond acceptors (Lipinski definition) is 3. The topological polar surface area (TPSA) is 47.1 Å². The molecule has 0 fully saturated rings. The maximum Gasteiger partial charge on any atom is 0.122 e. The van der Waals surface area contributed by atoms with Gasteiger partial charge in [-0.1, -0.05) is 0 Å². The van der Waals surface area contributed by atoms with Crippen molar-refractivity contribution in [3.8, 4) is 11.5 Å². The molecule has 0 aliphatic heterocycles. The summed E-state index contributed by atoms with van der Waals surface area (Å²) in [6.45, 7) is 0. The van der Waals surface area contributed by atoms with Crippen molar-refractivity contribution in [3.63, 3.8) is 0 Å². The van der Waals surface area contributed by atoms with Gasteiger partial charge in [0, 0.05) is 24.9 Å². The number of rotatable bonds is 4. The third-order valence-corrected chi connectivity index (χ3v) is 2.34. The Hall–Kier alpha value is -1.97. The van der Waals surface area contributed by atoms with Crippen LogP contribution < -0.4 is 9.47 Å². The van der Waals surface area contributed by atoms with Crippen molar-refractivity contribution in [2.75, 3.05) is 14.2 Å². The molecule has 4 heteroatoms. The molecule has 1 aromatic carbocycles. The molecule has 16 heavy (non-hydrogen) atoms. The summed E-state index contributed by atoms with van der Waals surface area (Å²) in [6.07, 6.45) is 4.29. The van der Waals surface area contributed by atoms with Gasteiger partial charge in [-0.15, -0.1) is 0 Å². The quantitative estimate of drug-likeness (QED) is 0.854. The fourth-order valence-corrected chi connectivity index (χ4v) is 1.56. The van der Waals surface area contributed by atoms with Gasteiger partial charge in [0.25, 0.3) is 0 Å². The number of ether oxygens (including phenoxy) is 2. The van der Waals surface area contributed by atoms with Gasteiger partial charge >= 0.3 is 0 Å². The molecule has 0 unspecified atom stereocenters. The molecule has 0 saturated heterocycles. The van der Waals surface area contributed by atoms with Crippen molar-refractivity contribution in [2.45, 2.75) is 6.42 Å². The van der Waals surface area contributed by atoms with Gasteiger partial charge in [0.2, 0.25) is 0 Å². The molecule has 1 N–H and O–H groups in total. The van der Waals surface area contributed by atoms with E-state index in [9.17, 15) is 0 Å². The summed E-state index contributed by atoms with van der Waals surface area (Å²) in [5.74, 6) is 2.51. The van der Waals surface area contributed by atoms with Crippen LogP contribution in [0.2, 0.25) is 0 Å². The van der Waals surface area contributed by atoms with Gasteiger partial charge in [-0.05, 0) is 17.7 Å². The minimum Gasteiger partial charge on any atom is -0.497 e. The number of H-pyrrole nitrogens is 1. The number of hydrogen-bond donors (Lipinski definition) is 1. The van der Waals surface area contributed by atoms with Crippen LogP contribution in [-0.2, 0) is 6.42 Å². The molecule has 0 spiro atoms.